The predicted octanol–water partition coefficient (Wildman–Crippen LogP) is 2.46. The van der Waals surface area contributed by atoms with E-state index in [1.54, 1.807) is 0 Å². The number of Topliss-reactive ketones (excluding diaryl/α,β-unsaturated/α-hetero) is 1. The van der Waals surface area contributed by atoms with Gasteiger partial charge >= 0.3 is 0 Å². The summed E-state index contributed by atoms with van der Waals surface area (Å²) >= 11 is 0. The van der Waals surface area contributed by atoms with Gasteiger partial charge in [0.1, 0.15) is 13.2 Å². The summed E-state index contributed by atoms with van der Waals surface area (Å²) in [5.41, 5.74) is 2.89. The van der Waals surface area contributed by atoms with Crippen molar-refractivity contribution in [3.8, 4) is 11.5 Å². The number of H-pyrrole nitrogens is 1. The molecule has 0 atom stereocenters. The Morgan fingerprint density at radius 1 is 1.06 bits per heavy atom. The summed E-state index contributed by atoms with van der Waals surface area (Å²) in [6, 6.07) is 3.94. The van der Waals surface area contributed by atoms with Crippen LogP contribution in [0.4, 0.5) is 0 Å². The van der Waals surface area contributed by atoms with E-state index in [-0.39, 0.29) is 5.78 Å². The lowest BCUT2D eigenvalue weighted by Crippen LogP contribution is -2.15. The Hall–Kier alpha value is -1.97. The topological polar surface area (TPSA) is 51.3 Å². The molecule has 18 heavy (non-hydrogen) atoms. The molecule has 1 aliphatic heterocycles. The van der Waals surface area contributed by atoms with Crippen molar-refractivity contribution >= 4 is 16.7 Å². The van der Waals surface area contributed by atoms with Crippen molar-refractivity contribution in [2.75, 3.05) is 13.2 Å². The zero-order valence-electron chi connectivity index (χ0n) is 9.91. The Morgan fingerprint density at radius 2 is 1.83 bits per heavy atom. The van der Waals surface area contributed by atoms with Crippen molar-refractivity contribution in [2.24, 2.45) is 0 Å². The molecule has 1 aliphatic carbocycles. The molecule has 92 valence electrons. The molecule has 2 aromatic rings. The molecule has 0 amide bonds. The maximum Gasteiger partial charge on any atom is 0.179 e. The summed E-state index contributed by atoms with van der Waals surface area (Å²) in [7, 11) is 0. The van der Waals surface area contributed by atoms with E-state index in [9.17, 15) is 4.79 Å². The molecule has 0 bridgehead atoms. The van der Waals surface area contributed by atoms with E-state index in [1.165, 1.54) is 0 Å². The van der Waals surface area contributed by atoms with Gasteiger partial charge in [-0.15, -0.1) is 0 Å². The highest BCUT2D eigenvalue weighted by molar-refractivity contribution is 6.03. The van der Waals surface area contributed by atoms with Crippen molar-refractivity contribution < 1.29 is 14.3 Å². The molecule has 1 N–H and O–H groups in total. The predicted molar refractivity (Wildman–Crippen MR) is 66.6 cm³/mol. The quantitative estimate of drug-likeness (QED) is 0.773. The number of fused-ring (bicyclic) bond motifs is 4. The van der Waals surface area contributed by atoms with Crippen molar-refractivity contribution in [3.05, 3.63) is 23.4 Å². The number of ether oxygens (including phenoxy) is 2. The number of nitrogens with one attached hydrogen (secondary N) is 1. The van der Waals surface area contributed by atoms with Gasteiger partial charge in [-0.3, -0.25) is 4.79 Å². The monoisotopic (exact) mass is 243 g/mol. The Labute approximate surface area is 104 Å². The third kappa shape index (κ3) is 1.29. The van der Waals surface area contributed by atoms with Crippen LogP contribution >= 0.6 is 0 Å². The van der Waals surface area contributed by atoms with Crippen molar-refractivity contribution in [1.29, 1.82) is 0 Å². The van der Waals surface area contributed by atoms with Crippen molar-refractivity contribution in [1.82, 2.24) is 4.98 Å². The summed E-state index contributed by atoms with van der Waals surface area (Å²) in [4.78, 5) is 15.1. The highest BCUT2D eigenvalue weighted by atomic mass is 16.6. The standard InChI is InChI=1S/C14H13NO3/c16-11-3-1-2-8-9-6-12-13(18-5-4-17-12)7-10(9)15-14(8)11/h6-7,15H,1-5H2. The van der Waals surface area contributed by atoms with Gasteiger partial charge in [0.05, 0.1) is 11.2 Å². The number of aromatic nitrogens is 1. The average molecular weight is 243 g/mol. The zero-order chi connectivity index (χ0) is 12.1. The SMILES string of the molecule is O=C1CCCc2c1[nH]c1cc3c(cc21)OCCO3. The van der Waals surface area contributed by atoms with Gasteiger partial charge in [0.25, 0.3) is 0 Å². The number of hydrogen-bond donors (Lipinski definition) is 1. The van der Waals surface area contributed by atoms with E-state index in [0.717, 1.165) is 46.5 Å². The van der Waals surface area contributed by atoms with Crippen LogP contribution in [0.1, 0.15) is 28.9 Å². The molecule has 0 radical (unpaired) electrons. The maximum atomic E-state index is 11.9. The Bertz CT molecular complexity index is 657. The fraction of sp³-hybridized carbons (Fsp3) is 0.357. The van der Waals surface area contributed by atoms with Gasteiger partial charge < -0.3 is 14.5 Å². The molecule has 1 aromatic carbocycles. The molecule has 4 rings (SSSR count). The third-order valence-corrected chi connectivity index (χ3v) is 3.68. The molecular weight excluding hydrogens is 230 g/mol. The van der Waals surface area contributed by atoms with E-state index >= 15 is 0 Å². The highest BCUT2D eigenvalue weighted by Gasteiger charge is 2.23. The second kappa shape index (κ2) is 3.51. The molecule has 0 fully saturated rings. The number of carbonyl (C=O) groups is 1. The van der Waals surface area contributed by atoms with Gasteiger partial charge in [-0.05, 0) is 24.5 Å². The first-order valence-corrected chi connectivity index (χ1v) is 6.30. The van der Waals surface area contributed by atoms with Crippen LogP contribution in [0.2, 0.25) is 0 Å². The minimum atomic E-state index is 0.215. The first kappa shape index (κ1) is 10.00. The molecule has 0 saturated heterocycles. The lowest BCUT2D eigenvalue weighted by molar-refractivity contribution is 0.0968. The average Bonchev–Trinajstić information content (AvgIpc) is 2.76. The smallest absolute Gasteiger partial charge is 0.179 e. The second-order valence-corrected chi connectivity index (χ2v) is 4.80. The Morgan fingerprint density at radius 3 is 2.67 bits per heavy atom. The number of ketones is 1. The van der Waals surface area contributed by atoms with Gasteiger partial charge in [-0.25, -0.2) is 0 Å². The summed E-state index contributed by atoms with van der Waals surface area (Å²) in [6.07, 6.45) is 2.54. The molecule has 2 aliphatic rings. The molecule has 2 heterocycles. The van der Waals surface area contributed by atoms with Crippen LogP contribution in [0.3, 0.4) is 0 Å². The molecule has 0 spiro atoms. The summed E-state index contributed by atoms with van der Waals surface area (Å²) in [5, 5.41) is 1.10. The van der Waals surface area contributed by atoms with Crippen LogP contribution in [0.15, 0.2) is 12.1 Å². The molecule has 0 saturated carbocycles. The van der Waals surface area contributed by atoms with Crippen LogP contribution in [0.5, 0.6) is 11.5 Å². The van der Waals surface area contributed by atoms with Crippen LogP contribution in [0, 0.1) is 0 Å². The number of carbonyl (C=O) groups excluding carboxylic acids is 1. The normalized spacial score (nSPS) is 17.9. The van der Waals surface area contributed by atoms with E-state index in [2.05, 4.69) is 4.98 Å². The Kier molecular flexibility index (Phi) is 1.95. The highest BCUT2D eigenvalue weighted by Crippen LogP contribution is 2.38. The van der Waals surface area contributed by atoms with Gasteiger partial charge in [0.15, 0.2) is 17.3 Å². The third-order valence-electron chi connectivity index (χ3n) is 3.68. The lowest BCUT2D eigenvalue weighted by Gasteiger charge is -2.18. The second-order valence-electron chi connectivity index (χ2n) is 4.80. The lowest BCUT2D eigenvalue weighted by atomic mass is 9.94. The molecule has 0 unspecified atom stereocenters. The number of hydrogen-bond acceptors (Lipinski definition) is 3. The van der Waals surface area contributed by atoms with Gasteiger partial charge in [-0.2, -0.15) is 0 Å². The summed E-state index contributed by atoms with van der Waals surface area (Å²) in [5.74, 6) is 1.76. The largest absolute Gasteiger partial charge is 0.486 e. The number of rotatable bonds is 0. The molecule has 4 heteroatoms. The number of aryl methyl sites for hydroxylation is 1. The van der Waals surface area contributed by atoms with E-state index in [1.807, 2.05) is 12.1 Å². The van der Waals surface area contributed by atoms with Crippen LogP contribution in [0.25, 0.3) is 10.9 Å². The van der Waals surface area contributed by atoms with Crippen molar-refractivity contribution in [3.63, 3.8) is 0 Å². The number of benzene rings is 1. The van der Waals surface area contributed by atoms with Gasteiger partial charge in [0, 0.05) is 17.9 Å². The maximum absolute atomic E-state index is 11.9. The van der Waals surface area contributed by atoms with E-state index < -0.39 is 0 Å². The van der Waals surface area contributed by atoms with Crippen LogP contribution < -0.4 is 9.47 Å². The summed E-state index contributed by atoms with van der Waals surface area (Å²) in [6.45, 7) is 1.17. The van der Waals surface area contributed by atoms with E-state index in [4.69, 9.17) is 9.47 Å². The Balaban J connectivity index is 1.99. The number of aromatic amines is 1. The minimum Gasteiger partial charge on any atom is -0.486 e. The van der Waals surface area contributed by atoms with Gasteiger partial charge in [-0.1, -0.05) is 0 Å². The molecule has 1 aromatic heterocycles. The molecule has 4 nitrogen and oxygen atoms in total. The molecular formula is C14H13NO3. The van der Waals surface area contributed by atoms with Crippen LogP contribution in [-0.4, -0.2) is 24.0 Å². The minimum absolute atomic E-state index is 0.215. The fourth-order valence-electron chi connectivity index (χ4n) is 2.84. The first-order chi connectivity index (χ1) is 8.83. The zero-order valence-corrected chi connectivity index (χ0v) is 9.91. The van der Waals surface area contributed by atoms with Crippen molar-refractivity contribution in [2.45, 2.75) is 19.3 Å². The first-order valence-electron chi connectivity index (χ1n) is 6.30. The van der Waals surface area contributed by atoms with Crippen LogP contribution in [-0.2, 0) is 6.42 Å². The fourth-order valence-corrected chi connectivity index (χ4v) is 2.84. The van der Waals surface area contributed by atoms with Gasteiger partial charge in [0.2, 0.25) is 0 Å². The summed E-state index contributed by atoms with van der Waals surface area (Å²) < 4.78 is 11.2. The van der Waals surface area contributed by atoms with E-state index in [0.29, 0.717) is 19.6 Å².